The summed E-state index contributed by atoms with van der Waals surface area (Å²) in [6.07, 6.45) is 2.66. The first-order chi connectivity index (χ1) is 7.29. The van der Waals surface area contributed by atoms with E-state index >= 15 is 0 Å². The topological polar surface area (TPSA) is 70.9 Å². The van der Waals surface area contributed by atoms with Crippen LogP contribution in [-0.2, 0) is 6.54 Å². The van der Waals surface area contributed by atoms with Gasteiger partial charge >= 0.3 is 5.69 Å². The molecule has 0 aromatic carbocycles. The molecule has 0 fully saturated rings. The van der Waals surface area contributed by atoms with Crippen LogP contribution in [0.3, 0.4) is 0 Å². The Labute approximate surface area is 92.9 Å². The van der Waals surface area contributed by atoms with Crippen LogP contribution >= 0.6 is 11.8 Å². The van der Waals surface area contributed by atoms with E-state index in [1.54, 1.807) is 16.3 Å². The maximum atomic E-state index is 11.3. The summed E-state index contributed by atoms with van der Waals surface area (Å²) in [7, 11) is 0. The molecule has 1 aromatic rings. The van der Waals surface area contributed by atoms with Crippen molar-refractivity contribution in [2.24, 2.45) is 0 Å². The third kappa shape index (κ3) is 3.71. The molecule has 0 aliphatic carbocycles. The summed E-state index contributed by atoms with van der Waals surface area (Å²) >= 11 is 1.56. The Morgan fingerprint density at radius 2 is 2.33 bits per heavy atom. The number of nitrogens with one attached hydrogen (secondary N) is 1. The van der Waals surface area contributed by atoms with Gasteiger partial charge in [0, 0.05) is 18.9 Å². The molecule has 0 atom stereocenters. The van der Waals surface area contributed by atoms with Gasteiger partial charge in [-0.2, -0.15) is 0 Å². The van der Waals surface area contributed by atoms with Crippen LogP contribution in [-0.4, -0.2) is 32.2 Å². The molecule has 6 heteroatoms. The molecular formula is C9H17N3O2S. The molecule has 1 aromatic heterocycles. The van der Waals surface area contributed by atoms with E-state index in [-0.39, 0.29) is 12.3 Å². The van der Waals surface area contributed by atoms with E-state index in [0.717, 1.165) is 30.2 Å². The zero-order chi connectivity index (χ0) is 11.1. The molecule has 86 valence electrons. The molecule has 2 N–H and O–H groups in total. The average Bonchev–Trinajstić information content (AvgIpc) is 2.57. The van der Waals surface area contributed by atoms with Crippen LogP contribution in [0.4, 0.5) is 0 Å². The minimum atomic E-state index is -0.137. The number of hydrogen-bond acceptors (Lipinski definition) is 4. The third-order valence-electron chi connectivity index (χ3n) is 1.95. The molecule has 0 saturated carbocycles. The van der Waals surface area contributed by atoms with Gasteiger partial charge in [0.15, 0.2) is 5.16 Å². The van der Waals surface area contributed by atoms with E-state index in [1.165, 1.54) is 0 Å². The number of H-pyrrole nitrogens is 1. The van der Waals surface area contributed by atoms with Gasteiger partial charge in [-0.3, -0.25) is 4.57 Å². The molecule has 1 rings (SSSR count). The highest BCUT2D eigenvalue weighted by atomic mass is 32.2. The van der Waals surface area contributed by atoms with Crippen LogP contribution in [0, 0.1) is 0 Å². The van der Waals surface area contributed by atoms with Crippen LogP contribution in [0.25, 0.3) is 0 Å². The maximum Gasteiger partial charge on any atom is 0.343 e. The van der Waals surface area contributed by atoms with E-state index in [0.29, 0.717) is 6.54 Å². The van der Waals surface area contributed by atoms with E-state index < -0.39 is 0 Å². The van der Waals surface area contributed by atoms with Gasteiger partial charge < -0.3 is 5.11 Å². The normalized spacial score (nSPS) is 10.8. The average molecular weight is 231 g/mol. The number of aliphatic hydroxyl groups excluding tert-OH is 1. The lowest BCUT2D eigenvalue weighted by Gasteiger charge is -2.02. The number of aromatic nitrogens is 3. The summed E-state index contributed by atoms with van der Waals surface area (Å²) in [6, 6.07) is 0. The van der Waals surface area contributed by atoms with Gasteiger partial charge in [-0.25, -0.2) is 9.89 Å². The second kappa shape index (κ2) is 6.68. The molecule has 0 aliphatic rings. The molecule has 5 nitrogen and oxygen atoms in total. The lowest BCUT2D eigenvalue weighted by molar-refractivity contribution is 0.287. The monoisotopic (exact) mass is 231 g/mol. The Morgan fingerprint density at radius 3 is 3.00 bits per heavy atom. The van der Waals surface area contributed by atoms with Crippen molar-refractivity contribution in [1.29, 1.82) is 0 Å². The standard InChI is InChI=1S/C9H17N3O2S/c1-2-5-12-8(14)10-11-9(12)15-7-4-3-6-13/h13H,2-7H2,1H3,(H,10,14). The van der Waals surface area contributed by atoms with Crippen molar-refractivity contribution in [3.8, 4) is 0 Å². The summed E-state index contributed by atoms with van der Waals surface area (Å²) in [4.78, 5) is 11.3. The second-order valence-electron chi connectivity index (χ2n) is 3.24. The summed E-state index contributed by atoms with van der Waals surface area (Å²) in [6.45, 7) is 2.96. The van der Waals surface area contributed by atoms with Gasteiger partial charge in [-0.15, -0.1) is 5.10 Å². The molecule has 0 radical (unpaired) electrons. The Balaban J connectivity index is 2.49. The molecule has 0 amide bonds. The summed E-state index contributed by atoms with van der Waals surface area (Å²) in [5.41, 5.74) is -0.137. The first-order valence-corrected chi connectivity index (χ1v) is 6.17. The quantitative estimate of drug-likeness (QED) is 0.539. The molecule has 0 spiro atoms. The van der Waals surface area contributed by atoms with Crippen molar-refractivity contribution in [3.63, 3.8) is 0 Å². The predicted molar refractivity (Wildman–Crippen MR) is 60.2 cm³/mol. The number of aliphatic hydroxyl groups is 1. The third-order valence-corrected chi connectivity index (χ3v) is 3.02. The lowest BCUT2D eigenvalue weighted by Crippen LogP contribution is -2.17. The lowest BCUT2D eigenvalue weighted by atomic mass is 10.4. The van der Waals surface area contributed by atoms with Crippen molar-refractivity contribution in [1.82, 2.24) is 14.8 Å². The summed E-state index contributed by atoms with van der Waals surface area (Å²) in [5, 5.41) is 15.8. The van der Waals surface area contributed by atoms with Crippen LogP contribution in [0.15, 0.2) is 9.95 Å². The Hall–Kier alpha value is -0.750. The van der Waals surface area contributed by atoms with E-state index in [4.69, 9.17) is 5.11 Å². The van der Waals surface area contributed by atoms with Crippen molar-refractivity contribution in [3.05, 3.63) is 10.5 Å². The minimum absolute atomic E-state index is 0.137. The molecular weight excluding hydrogens is 214 g/mol. The molecule has 0 bridgehead atoms. The number of rotatable bonds is 7. The predicted octanol–water partition coefficient (Wildman–Crippen LogP) is 0.846. The van der Waals surface area contributed by atoms with Crippen LogP contribution in [0.5, 0.6) is 0 Å². The van der Waals surface area contributed by atoms with Gasteiger partial charge in [0.05, 0.1) is 0 Å². The largest absolute Gasteiger partial charge is 0.396 e. The Bertz CT molecular complexity index is 334. The number of aromatic amines is 1. The van der Waals surface area contributed by atoms with Crippen molar-refractivity contribution < 1.29 is 5.11 Å². The number of thioether (sulfide) groups is 1. The first kappa shape index (κ1) is 12.3. The molecule has 0 unspecified atom stereocenters. The van der Waals surface area contributed by atoms with Crippen molar-refractivity contribution >= 4 is 11.8 Å². The van der Waals surface area contributed by atoms with E-state index in [1.807, 2.05) is 6.92 Å². The highest BCUT2D eigenvalue weighted by Crippen LogP contribution is 2.14. The fourth-order valence-electron chi connectivity index (χ4n) is 1.21. The van der Waals surface area contributed by atoms with E-state index in [2.05, 4.69) is 10.2 Å². The fourth-order valence-corrected chi connectivity index (χ4v) is 2.18. The van der Waals surface area contributed by atoms with E-state index in [9.17, 15) is 4.79 Å². The maximum absolute atomic E-state index is 11.3. The number of unbranched alkanes of at least 4 members (excludes halogenated alkanes) is 1. The first-order valence-electron chi connectivity index (χ1n) is 5.18. The van der Waals surface area contributed by atoms with Gasteiger partial charge in [0.25, 0.3) is 0 Å². The van der Waals surface area contributed by atoms with Crippen LogP contribution < -0.4 is 5.69 Å². The van der Waals surface area contributed by atoms with Gasteiger partial charge in [-0.05, 0) is 19.3 Å². The number of nitrogens with zero attached hydrogens (tertiary/aromatic N) is 2. The number of hydrogen-bond donors (Lipinski definition) is 2. The summed E-state index contributed by atoms with van der Waals surface area (Å²) < 4.78 is 1.66. The zero-order valence-electron chi connectivity index (χ0n) is 8.90. The fraction of sp³-hybridized carbons (Fsp3) is 0.778. The van der Waals surface area contributed by atoms with Crippen molar-refractivity contribution in [2.45, 2.75) is 37.9 Å². The van der Waals surface area contributed by atoms with Gasteiger partial charge in [0.1, 0.15) is 0 Å². The van der Waals surface area contributed by atoms with Gasteiger partial charge in [0.2, 0.25) is 0 Å². The summed E-state index contributed by atoms with van der Waals surface area (Å²) in [5.74, 6) is 0.883. The highest BCUT2D eigenvalue weighted by molar-refractivity contribution is 7.99. The van der Waals surface area contributed by atoms with Gasteiger partial charge in [-0.1, -0.05) is 18.7 Å². The highest BCUT2D eigenvalue weighted by Gasteiger charge is 2.06. The Morgan fingerprint density at radius 1 is 1.53 bits per heavy atom. The molecule has 1 heterocycles. The molecule has 0 aliphatic heterocycles. The smallest absolute Gasteiger partial charge is 0.343 e. The molecule has 0 saturated heterocycles. The van der Waals surface area contributed by atoms with Crippen LogP contribution in [0.1, 0.15) is 26.2 Å². The zero-order valence-corrected chi connectivity index (χ0v) is 9.72. The second-order valence-corrected chi connectivity index (χ2v) is 4.30. The van der Waals surface area contributed by atoms with Crippen molar-refractivity contribution in [2.75, 3.05) is 12.4 Å². The Kier molecular flexibility index (Phi) is 5.49. The van der Waals surface area contributed by atoms with Crippen LogP contribution in [0.2, 0.25) is 0 Å². The molecule has 15 heavy (non-hydrogen) atoms. The minimum Gasteiger partial charge on any atom is -0.396 e. The SMILES string of the molecule is CCCn1c(SCCCCO)n[nH]c1=O.